The van der Waals surface area contributed by atoms with E-state index in [0.29, 0.717) is 11.0 Å². The Balaban J connectivity index is 2.23. The number of nitrogens with one attached hydrogen (secondary N) is 1. The average molecular weight is 269 g/mol. The summed E-state index contributed by atoms with van der Waals surface area (Å²) in [6.07, 6.45) is 2.39. The molecule has 1 aromatic rings. The highest BCUT2D eigenvalue weighted by Gasteiger charge is 2.28. The zero-order valence-electron chi connectivity index (χ0n) is 10.9. The van der Waals surface area contributed by atoms with Crippen LogP contribution in [0.1, 0.15) is 31.4 Å². The fourth-order valence-electron chi connectivity index (χ4n) is 2.41. The van der Waals surface area contributed by atoms with Gasteiger partial charge in [-0.25, -0.2) is 4.39 Å². The monoisotopic (exact) mass is 269 g/mol. The van der Waals surface area contributed by atoms with E-state index in [1.807, 2.05) is 23.9 Å². The topological polar surface area (TPSA) is 21.3 Å². The molecule has 1 N–H and O–H groups in total. The van der Waals surface area contributed by atoms with Crippen LogP contribution in [0.4, 0.5) is 4.39 Å². The molecule has 1 aliphatic rings. The van der Waals surface area contributed by atoms with E-state index in [2.05, 4.69) is 12.2 Å². The molecule has 1 aromatic carbocycles. The summed E-state index contributed by atoms with van der Waals surface area (Å²) in [5.74, 6) is 1.59. The second kappa shape index (κ2) is 6.43. The van der Waals surface area contributed by atoms with Crippen LogP contribution in [0, 0.1) is 5.82 Å². The van der Waals surface area contributed by atoms with Gasteiger partial charge < -0.3 is 10.1 Å². The van der Waals surface area contributed by atoms with Crippen LogP contribution in [0.15, 0.2) is 18.2 Å². The summed E-state index contributed by atoms with van der Waals surface area (Å²) >= 11 is 1.94. The first kappa shape index (κ1) is 13.7. The zero-order chi connectivity index (χ0) is 13.0. The Kier molecular flexibility index (Phi) is 4.89. The molecular formula is C14H20FNOS. The molecule has 2 rings (SSSR count). The first-order valence-electron chi connectivity index (χ1n) is 6.44. The molecule has 18 heavy (non-hydrogen) atoms. The van der Waals surface area contributed by atoms with E-state index in [9.17, 15) is 4.39 Å². The van der Waals surface area contributed by atoms with Gasteiger partial charge in [0.15, 0.2) is 0 Å². The Bertz CT molecular complexity index is 393. The lowest BCUT2D eigenvalue weighted by Crippen LogP contribution is -2.29. The van der Waals surface area contributed by atoms with Gasteiger partial charge in [-0.15, -0.1) is 0 Å². The van der Waals surface area contributed by atoms with Crippen LogP contribution >= 0.6 is 11.8 Å². The fourth-order valence-corrected chi connectivity index (χ4v) is 3.82. The van der Waals surface area contributed by atoms with E-state index in [0.717, 1.165) is 18.5 Å². The summed E-state index contributed by atoms with van der Waals surface area (Å²) in [7, 11) is 1.56. The molecule has 0 amide bonds. The third kappa shape index (κ3) is 2.98. The summed E-state index contributed by atoms with van der Waals surface area (Å²) in [5, 5.41) is 3.90. The molecular weight excluding hydrogens is 249 g/mol. The van der Waals surface area contributed by atoms with Crippen molar-refractivity contribution < 1.29 is 9.13 Å². The van der Waals surface area contributed by atoms with Crippen molar-refractivity contribution >= 4 is 11.8 Å². The van der Waals surface area contributed by atoms with Crippen molar-refractivity contribution in [3.63, 3.8) is 0 Å². The standard InChI is InChI=1S/C14H20FNOS/c1-3-16-14(13-5-4-8-18-13)11-7-6-10(17-2)9-12(11)15/h6-7,9,13-14,16H,3-5,8H2,1-2H3. The summed E-state index contributed by atoms with van der Waals surface area (Å²) in [5.41, 5.74) is 0.761. The number of thioether (sulfide) groups is 1. The van der Waals surface area contributed by atoms with Gasteiger partial charge in [0.05, 0.1) is 7.11 Å². The van der Waals surface area contributed by atoms with Gasteiger partial charge in [0.2, 0.25) is 0 Å². The van der Waals surface area contributed by atoms with Gasteiger partial charge in [-0.2, -0.15) is 11.8 Å². The largest absolute Gasteiger partial charge is 0.497 e. The van der Waals surface area contributed by atoms with Crippen LogP contribution in [-0.4, -0.2) is 24.7 Å². The second-order valence-electron chi connectivity index (χ2n) is 4.47. The Morgan fingerprint density at radius 2 is 2.39 bits per heavy atom. The average Bonchev–Trinajstić information content (AvgIpc) is 2.90. The number of hydrogen-bond donors (Lipinski definition) is 1. The predicted molar refractivity (Wildman–Crippen MR) is 74.8 cm³/mol. The SMILES string of the molecule is CCNC(c1ccc(OC)cc1F)C1CCCS1. The molecule has 1 aliphatic heterocycles. The molecule has 2 atom stereocenters. The summed E-state index contributed by atoms with van der Waals surface area (Å²) in [6.45, 7) is 2.92. The number of ether oxygens (including phenoxy) is 1. The van der Waals surface area contributed by atoms with Crippen LogP contribution in [0.5, 0.6) is 5.75 Å². The minimum atomic E-state index is -0.173. The van der Waals surface area contributed by atoms with Gasteiger partial charge in [0.25, 0.3) is 0 Å². The zero-order valence-corrected chi connectivity index (χ0v) is 11.7. The first-order chi connectivity index (χ1) is 8.76. The van der Waals surface area contributed by atoms with Crippen molar-refractivity contribution in [3.8, 4) is 5.75 Å². The Morgan fingerprint density at radius 1 is 1.56 bits per heavy atom. The fraction of sp³-hybridized carbons (Fsp3) is 0.571. The lowest BCUT2D eigenvalue weighted by atomic mass is 10.00. The maximum Gasteiger partial charge on any atom is 0.131 e. The van der Waals surface area contributed by atoms with Crippen molar-refractivity contribution in [2.24, 2.45) is 0 Å². The minimum absolute atomic E-state index is 0.105. The molecule has 0 aliphatic carbocycles. The third-order valence-electron chi connectivity index (χ3n) is 3.30. The lowest BCUT2D eigenvalue weighted by molar-refractivity contribution is 0.408. The molecule has 1 saturated heterocycles. The maximum absolute atomic E-state index is 14.1. The van der Waals surface area contributed by atoms with E-state index in [-0.39, 0.29) is 11.9 Å². The maximum atomic E-state index is 14.1. The number of hydrogen-bond acceptors (Lipinski definition) is 3. The Morgan fingerprint density at radius 3 is 2.94 bits per heavy atom. The number of rotatable bonds is 5. The number of benzene rings is 1. The molecule has 100 valence electrons. The van der Waals surface area contributed by atoms with Crippen LogP contribution in [0.2, 0.25) is 0 Å². The van der Waals surface area contributed by atoms with Crippen LogP contribution < -0.4 is 10.1 Å². The van der Waals surface area contributed by atoms with Crippen LogP contribution in [0.25, 0.3) is 0 Å². The molecule has 0 radical (unpaired) electrons. The van der Waals surface area contributed by atoms with Crippen molar-refractivity contribution in [3.05, 3.63) is 29.6 Å². The molecule has 1 fully saturated rings. The molecule has 2 unspecified atom stereocenters. The first-order valence-corrected chi connectivity index (χ1v) is 7.49. The number of halogens is 1. The molecule has 0 spiro atoms. The van der Waals surface area contributed by atoms with E-state index in [1.165, 1.54) is 18.2 Å². The highest BCUT2D eigenvalue weighted by molar-refractivity contribution is 8.00. The normalized spacial score (nSPS) is 20.9. The van der Waals surface area contributed by atoms with Crippen LogP contribution in [0.3, 0.4) is 0 Å². The highest BCUT2D eigenvalue weighted by atomic mass is 32.2. The van der Waals surface area contributed by atoms with Gasteiger partial charge in [-0.1, -0.05) is 13.0 Å². The predicted octanol–water partition coefficient (Wildman–Crippen LogP) is 3.38. The molecule has 0 aromatic heterocycles. The van der Waals surface area contributed by atoms with E-state index >= 15 is 0 Å². The van der Waals surface area contributed by atoms with E-state index < -0.39 is 0 Å². The van der Waals surface area contributed by atoms with Crippen molar-refractivity contribution in [1.29, 1.82) is 0 Å². The van der Waals surface area contributed by atoms with Gasteiger partial charge in [-0.3, -0.25) is 0 Å². The van der Waals surface area contributed by atoms with Crippen molar-refractivity contribution in [2.45, 2.75) is 31.1 Å². The van der Waals surface area contributed by atoms with Crippen molar-refractivity contribution in [1.82, 2.24) is 5.32 Å². The molecule has 1 heterocycles. The van der Waals surface area contributed by atoms with E-state index in [4.69, 9.17) is 4.74 Å². The smallest absolute Gasteiger partial charge is 0.131 e. The van der Waals surface area contributed by atoms with E-state index in [1.54, 1.807) is 7.11 Å². The van der Waals surface area contributed by atoms with Gasteiger partial charge in [0, 0.05) is 22.9 Å². The molecule has 2 nitrogen and oxygen atoms in total. The van der Waals surface area contributed by atoms with Gasteiger partial charge in [-0.05, 0) is 31.2 Å². The highest BCUT2D eigenvalue weighted by Crippen LogP contribution is 2.37. The molecule has 0 saturated carbocycles. The second-order valence-corrected chi connectivity index (χ2v) is 5.82. The molecule has 0 bridgehead atoms. The third-order valence-corrected chi connectivity index (χ3v) is 4.76. The minimum Gasteiger partial charge on any atom is -0.497 e. The Hall–Kier alpha value is -0.740. The van der Waals surface area contributed by atoms with Gasteiger partial charge >= 0.3 is 0 Å². The lowest BCUT2D eigenvalue weighted by Gasteiger charge is -2.24. The number of methoxy groups -OCH3 is 1. The van der Waals surface area contributed by atoms with Crippen molar-refractivity contribution in [2.75, 3.05) is 19.4 Å². The quantitative estimate of drug-likeness (QED) is 0.885. The summed E-state index contributed by atoms with van der Waals surface area (Å²) in [6, 6.07) is 5.26. The van der Waals surface area contributed by atoms with Crippen LogP contribution in [-0.2, 0) is 0 Å². The molecule has 4 heteroatoms. The summed E-state index contributed by atoms with van der Waals surface area (Å²) in [4.78, 5) is 0. The Labute approximate surface area is 112 Å². The summed E-state index contributed by atoms with van der Waals surface area (Å²) < 4.78 is 19.2. The van der Waals surface area contributed by atoms with Gasteiger partial charge in [0.1, 0.15) is 11.6 Å².